The average Bonchev–Trinajstić information content (AvgIpc) is 3.15. The second-order valence-corrected chi connectivity index (χ2v) is 6.58. The number of rotatable bonds is 8. The van der Waals surface area contributed by atoms with Crippen molar-refractivity contribution >= 4 is 23.2 Å². The monoisotopic (exact) mass is 392 g/mol. The van der Waals surface area contributed by atoms with Crippen molar-refractivity contribution in [2.45, 2.75) is 19.7 Å². The Hall–Kier alpha value is -2.14. The molecule has 0 aliphatic heterocycles. The predicted molar refractivity (Wildman–Crippen MR) is 102 cm³/mol. The molecular formula is C20H20Cl2NO3+. The number of furan rings is 1. The van der Waals surface area contributed by atoms with Gasteiger partial charge in [-0.15, -0.1) is 0 Å². The summed E-state index contributed by atoms with van der Waals surface area (Å²) in [5, 5.41) is 3.30. The molecule has 0 fully saturated rings. The fourth-order valence-corrected chi connectivity index (χ4v) is 3.08. The first kappa shape index (κ1) is 18.6. The number of hydrogen-bond donors (Lipinski definition) is 1. The molecule has 2 N–H and O–H groups in total. The van der Waals surface area contributed by atoms with Gasteiger partial charge < -0.3 is 19.2 Å². The summed E-state index contributed by atoms with van der Waals surface area (Å²) in [7, 11) is 1.60. The molecule has 0 radical (unpaired) electrons. The zero-order valence-electron chi connectivity index (χ0n) is 14.4. The van der Waals surface area contributed by atoms with Crippen LogP contribution in [0.25, 0.3) is 0 Å². The quantitative estimate of drug-likeness (QED) is 0.616. The first-order chi connectivity index (χ1) is 12.7. The zero-order valence-corrected chi connectivity index (χ0v) is 15.9. The van der Waals surface area contributed by atoms with E-state index in [1.54, 1.807) is 13.4 Å². The number of ether oxygens (including phenoxy) is 2. The third-order valence-electron chi connectivity index (χ3n) is 3.92. The van der Waals surface area contributed by atoms with Gasteiger partial charge in [0.25, 0.3) is 0 Å². The molecule has 0 bridgehead atoms. The molecule has 3 aromatic rings. The molecule has 3 rings (SSSR count). The molecule has 1 heterocycles. The Kier molecular flexibility index (Phi) is 6.45. The van der Waals surface area contributed by atoms with E-state index in [-0.39, 0.29) is 0 Å². The van der Waals surface area contributed by atoms with Crippen molar-refractivity contribution in [3.63, 3.8) is 0 Å². The van der Waals surface area contributed by atoms with Gasteiger partial charge >= 0.3 is 0 Å². The van der Waals surface area contributed by atoms with E-state index < -0.39 is 0 Å². The largest absolute Gasteiger partial charge is 0.493 e. The van der Waals surface area contributed by atoms with Crippen molar-refractivity contribution in [1.82, 2.24) is 0 Å². The molecule has 0 aliphatic carbocycles. The number of halogens is 2. The lowest BCUT2D eigenvalue weighted by Crippen LogP contribution is -2.80. The molecule has 1 aromatic heterocycles. The predicted octanol–water partition coefficient (Wildman–Crippen LogP) is 4.44. The lowest BCUT2D eigenvalue weighted by molar-refractivity contribution is -0.688. The van der Waals surface area contributed by atoms with Crippen molar-refractivity contribution in [3.05, 3.63) is 81.7 Å². The Morgan fingerprint density at radius 1 is 1.00 bits per heavy atom. The highest BCUT2D eigenvalue weighted by Crippen LogP contribution is 2.37. The number of hydrogen-bond acceptors (Lipinski definition) is 3. The van der Waals surface area contributed by atoms with Crippen LogP contribution < -0.4 is 14.8 Å². The van der Waals surface area contributed by atoms with Crippen LogP contribution >= 0.6 is 23.2 Å². The second-order valence-electron chi connectivity index (χ2n) is 5.77. The van der Waals surface area contributed by atoms with Crippen LogP contribution in [0.15, 0.2) is 59.2 Å². The van der Waals surface area contributed by atoms with E-state index in [1.807, 2.05) is 48.5 Å². The third-order valence-corrected chi connectivity index (χ3v) is 4.57. The topological polar surface area (TPSA) is 48.2 Å². The molecule has 0 spiro atoms. The molecule has 136 valence electrons. The van der Waals surface area contributed by atoms with Gasteiger partial charge in [-0.05, 0) is 30.3 Å². The van der Waals surface area contributed by atoms with E-state index in [4.69, 9.17) is 37.1 Å². The Balaban J connectivity index is 1.67. The lowest BCUT2D eigenvalue weighted by Gasteiger charge is -2.14. The number of benzene rings is 2. The van der Waals surface area contributed by atoms with Crippen molar-refractivity contribution in [3.8, 4) is 11.5 Å². The van der Waals surface area contributed by atoms with Crippen LogP contribution in [-0.2, 0) is 19.7 Å². The first-order valence-corrected chi connectivity index (χ1v) is 8.99. The average molecular weight is 393 g/mol. The van der Waals surface area contributed by atoms with Gasteiger partial charge in [0, 0.05) is 16.1 Å². The Labute approximate surface area is 162 Å². The molecule has 4 nitrogen and oxygen atoms in total. The molecule has 0 aliphatic rings. The molecule has 6 heteroatoms. The summed E-state index contributed by atoms with van der Waals surface area (Å²) in [5.41, 5.74) is 1.94. The normalized spacial score (nSPS) is 10.7. The first-order valence-electron chi connectivity index (χ1n) is 8.24. The maximum Gasteiger partial charge on any atom is 0.180 e. The smallest absolute Gasteiger partial charge is 0.180 e. The minimum absolute atomic E-state index is 0.319. The van der Waals surface area contributed by atoms with E-state index in [0.29, 0.717) is 28.2 Å². The number of methoxy groups -OCH3 is 1. The highest BCUT2D eigenvalue weighted by atomic mass is 35.5. The van der Waals surface area contributed by atoms with Crippen LogP contribution in [0.3, 0.4) is 0 Å². The maximum absolute atomic E-state index is 6.43. The van der Waals surface area contributed by atoms with Gasteiger partial charge in [-0.2, -0.15) is 0 Å². The molecule has 0 atom stereocenters. The summed E-state index contributed by atoms with van der Waals surface area (Å²) in [6, 6.07) is 15.2. The number of quaternary nitrogens is 1. The van der Waals surface area contributed by atoms with Crippen molar-refractivity contribution < 1.29 is 19.2 Å². The summed E-state index contributed by atoms with van der Waals surface area (Å²) in [6.07, 6.45) is 1.67. The zero-order chi connectivity index (χ0) is 18.4. The van der Waals surface area contributed by atoms with Crippen molar-refractivity contribution in [2.24, 2.45) is 0 Å². The van der Waals surface area contributed by atoms with Gasteiger partial charge in [-0.25, -0.2) is 0 Å². The van der Waals surface area contributed by atoms with Crippen LogP contribution in [0.1, 0.15) is 16.9 Å². The van der Waals surface area contributed by atoms with Gasteiger partial charge in [0.2, 0.25) is 0 Å². The Morgan fingerprint density at radius 2 is 1.85 bits per heavy atom. The third kappa shape index (κ3) is 4.73. The van der Waals surface area contributed by atoms with Crippen molar-refractivity contribution in [2.75, 3.05) is 7.11 Å². The van der Waals surface area contributed by atoms with Crippen LogP contribution in [0.4, 0.5) is 0 Å². The van der Waals surface area contributed by atoms with E-state index in [1.165, 1.54) is 0 Å². The molecule has 0 saturated heterocycles. The Morgan fingerprint density at radius 3 is 2.58 bits per heavy atom. The summed E-state index contributed by atoms with van der Waals surface area (Å²) >= 11 is 12.6. The standard InChI is InChI=1S/C20H19Cl2NO3/c1-24-19-10-14(11-23-12-16-6-4-8-25-16)9-18(22)20(19)26-13-15-5-2-3-7-17(15)21/h2-10,23H,11-13H2,1H3/p+1. The van der Waals surface area contributed by atoms with Gasteiger partial charge in [0.1, 0.15) is 19.7 Å². The van der Waals surface area contributed by atoms with Crippen LogP contribution in [-0.4, -0.2) is 7.11 Å². The highest BCUT2D eigenvalue weighted by molar-refractivity contribution is 6.32. The summed E-state index contributed by atoms with van der Waals surface area (Å²) in [4.78, 5) is 0. The molecule has 2 aromatic carbocycles. The van der Waals surface area contributed by atoms with E-state index in [2.05, 4.69) is 5.32 Å². The Bertz CT molecular complexity index is 850. The lowest BCUT2D eigenvalue weighted by atomic mass is 10.2. The highest BCUT2D eigenvalue weighted by Gasteiger charge is 2.14. The van der Waals surface area contributed by atoms with Crippen LogP contribution in [0.2, 0.25) is 10.0 Å². The van der Waals surface area contributed by atoms with E-state index in [0.717, 1.165) is 30.0 Å². The molecule has 0 amide bonds. The van der Waals surface area contributed by atoms with Gasteiger partial charge in [0.05, 0.1) is 18.4 Å². The summed E-state index contributed by atoms with van der Waals surface area (Å²) < 4.78 is 16.7. The fourth-order valence-electron chi connectivity index (χ4n) is 2.61. The van der Waals surface area contributed by atoms with Gasteiger partial charge in [-0.1, -0.05) is 41.4 Å². The molecule has 0 saturated carbocycles. The summed E-state index contributed by atoms with van der Waals surface area (Å²) in [6.45, 7) is 1.83. The number of nitrogens with two attached hydrogens (primary N) is 1. The van der Waals surface area contributed by atoms with Gasteiger partial charge in [-0.3, -0.25) is 0 Å². The summed E-state index contributed by atoms with van der Waals surface area (Å²) in [5.74, 6) is 2.05. The SMILES string of the molecule is COc1cc(C[NH2+]Cc2ccco2)cc(Cl)c1OCc1ccccc1Cl. The van der Waals surface area contributed by atoms with Crippen molar-refractivity contribution in [1.29, 1.82) is 0 Å². The van der Waals surface area contributed by atoms with Gasteiger partial charge in [0.15, 0.2) is 17.3 Å². The van der Waals surface area contributed by atoms with E-state index in [9.17, 15) is 0 Å². The minimum Gasteiger partial charge on any atom is -0.493 e. The second kappa shape index (κ2) is 8.99. The molecule has 0 unspecified atom stereocenters. The molecule has 26 heavy (non-hydrogen) atoms. The van der Waals surface area contributed by atoms with E-state index >= 15 is 0 Å². The molecular weight excluding hydrogens is 373 g/mol. The fraction of sp³-hybridized carbons (Fsp3) is 0.200. The van der Waals surface area contributed by atoms with Crippen LogP contribution in [0.5, 0.6) is 11.5 Å². The minimum atomic E-state index is 0.319. The van der Waals surface area contributed by atoms with Crippen LogP contribution in [0, 0.1) is 0 Å². The maximum atomic E-state index is 6.43.